The number of amidine groups is 1. The molecule has 0 spiro atoms. The number of anilines is 1. The van der Waals surface area contributed by atoms with Crippen molar-refractivity contribution in [3.8, 4) is 11.1 Å². The zero-order chi connectivity index (χ0) is 21.8. The summed E-state index contributed by atoms with van der Waals surface area (Å²) < 4.78 is 44.8. The third-order valence-electron chi connectivity index (χ3n) is 4.30. The summed E-state index contributed by atoms with van der Waals surface area (Å²) in [6.45, 7) is 0.401. The van der Waals surface area contributed by atoms with Gasteiger partial charge in [0.15, 0.2) is 0 Å². The van der Waals surface area contributed by atoms with Gasteiger partial charge in [0.1, 0.15) is 0 Å². The fourth-order valence-corrected chi connectivity index (χ4v) is 3.50. The van der Waals surface area contributed by atoms with Gasteiger partial charge in [0.2, 0.25) is 11.8 Å². The first-order chi connectivity index (χ1) is 14.9. The molecule has 0 unspecified atom stereocenters. The van der Waals surface area contributed by atoms with Crippen LogP contribution in [0.4, 0.5) is 24.7 Å². The van der Waals surface area contributed by atoms with Crippen molar-refractivity contribution in [3.05, 3.63) is 82.7 Å². The molecular formula is C21H15F3N4O2S. The Hall–Kier alpha value is -3.66. The Morgan fingerprint density at radius 2 is 1.94 bits per heavy atom. The molecule has 2 heterocycles. The predicted octanol–water partition coefficient (Wildman–Crippen LogP) is 4.22. The molecule has 2 aromatic carbocycles. The van der Waals surface area contributed by atoms with Crippen LogP contribution in [0.1, 0.15) is 11.1 Å². The van der Waals surface area contributed by atoms with Crippen LogP contribution in [0.25, 0.3) is 11.1 Å². The minimum Gasteiger partial charge on any atom is -0.846 e. The fraction of sp³-hybridized carbons (Fsp3) is 0.0952. The highest BCUT2D eigenvalue weighted by Gasteiger charge is 2.30. The van der Waals surface area contributed by atoms with Crippen molar-refractivity contribution >= 4 is 28.9 Å². The lowest BCUT2D eigenvalue weighted by Gasteiger charge is -2.14. The van der Waals surface area contributed by atoms with E-state index in [4.69, 9.17) is 4.52 Å². The SMILES string of the molecule is [O-]C(=Nc1c[n+](Cc2ccc(-c3ccsc3)cc2)no1)Nc1cccc(C(F)(F)F)c1. The first kappa shape index (κ1) is 20.6. The lowest BCUT2D eigenvalue weighted by molar-refractivity contribution is -0.754. The molecule has 0 aliphatic heterocycles. The quantitative estimate of drug-likeness (QED) is 0.284. The Bertz CT molecular complexity index is 1190. The summed E-state index contributed by atoms with van der Waals surface area (Å²) in [6, 6.07) is 13.4. The third-order valence-corrected chi connectivity index (χ3v) is 4.99. The van der Waals surface area contributed by atoms with Gasteiger partial charge in [-0.15, -0.1) is 0 Å². The van der Waals surface area contributed by atoms with Gasteiger partial charge in [0.05, 0.1) is 11.6 Å². The summed E-state index contributed by atoms with van der Waals surface area (Å²) in [5.74, 6) is -0.0700. The van der Waals surface area contributed by atoms with Gasteiger partial charge in [-0.05, 0) is 50.8 Å². The highest BCUT2D eigenvalue weighted by atomic mass is 32.1. The van der Waals surface area contributed by atoms with Crippen LogP contribution in [-0.4, -0.2) is 11.3 Å². The van der Waals surface area contributed by atoms with Gasteiger partial charge in [0, 0.05) is 11.3 Å². The van der Waals surface area contributed by atoms with Crippen molar-refractivity contribution in [2.45, 2.75) is 12.7 Å². The summed E-state index contributed by atoms with van der Waals surface area (Å²) in [4.78, 5) is 3.68. The van der Waals surface area contributed by atoms with Crippen molar-refractivity contribution in [2.24, 2.45) is 4.99 Å². The van der Waals surface area contributed by atoms with Gasteiger partial charge < -0.3 is 10.4 Å². The van der Waals surface area contributed by atoms with Crippen LogP contribution in [0.5, 0.6) is 0 Å². The molecule has 0 radical (unpaired) electrons. The largest absolute Gasteiger partial charge is 0.846 e. The average Bonchev–Trinajstić information content (AvgIpc) is 3.41. The number of hydrogen-bond donors (Lipinski definition) is 1. The summed E-state index contributed by atoms with van der Waals surface area (Å²) in [5.41, 5.74) is 2.34. The van der Waals surface area contributed by atoms with Crippen molar-refractivity contribution < 1.29 is 27.5 Å². The minimum atomic E-state index is -4.50. The van der Waals surface area contributed by atoms with Crippen LogP contribution in [0.15, 0.2) is 81.1 Å². The number of nitrogens with zero attached hydrogens (tertiary/aromatic N) is 3. The fourth-order valence-electron chi connectivity index (χ4n) is 2.84. The number of hydrogen-bond acceptors (Lipinski definition) is 5. The average molecular weight is 444 g/mol. The first-order valence-corrected chi connectivity index (χ1v) is 9.99. The van der Waals surface area contributed by atoms with Gasteiger partial charge >= 0.3 is 12.1 Å². The van der Waals surface area contributed by atoms with Gasteiger partial charge in [-0.25, -0.2) is 4.99 Å². The molecular weight excluding hydrogens is 429 g/mol. The highest BCUT2D eigenvalue weighted by molar-refractivity contribution is 7.08. The van der Waals surface area contributed by atoms with Gasteiger partial charge in [0.25, 0.3) is 6.20 Å². The molecule has 0 fully saturated rings. The number of nitrogens with one attached hydrogen (secondary N) is 1. The second-order valence-electron chi connectivity index (χ2n) is 6.57. The van der Waals surface area contributed by atoms with Crippen molar-refractivity contribution in [2.75, 3.05) is 5.32 Å². The molecule has 10 heteroatoms. The maximum atomic E-state index is 12.8. The molecule has 2 aromatic heterocycles. The molecule has 158 valence electrons. The maximum Gasteiger partial charge on any atom is 0.416 e. The molecule has 31 heavy (non-hydrogen) atoms. The van der Waals surface area contributed by atoms with Crippen LogP contribution in [0.2, 0.25) is 0 Å². The summed E-state index contributed by atoms with van der Waals surface area (Å²) >= 11 is 1.63. The number of aromatic nitrogens is 2. The van der Waals surface area contributed by atoms with Crippen LogP contribution >= 0.6 is 11.3 Å². The van der Waals surface area contributed by atoms with Gasteiger partial charge in [-0.3, -0.25) is 4.52 Å². The topological polar surface area (TPSA) is 77.4 Å². The van der Waals surface area contributed by atoms with E-state index in [-0.39, 0.29) is 11.6 Å². The molecule has 0 saturated carbocycles. The molecule has 0 aliphatic rings. The molecule has 0 aliphatic carbocycles. The number of aliphatic imine (C=N–C) groups is 1. The number of rotatable bonds is 5. The summed E-state index contributed by atoms with van der Waals surface area (Å²) in [6.07, 6.45) is -3.07. The van der Waals surface area contributed by atoms with Gasteiger partial charge in [-0.2, -0.15) is 24.5 Å². The zero-order valence-electron chi connectivity index (χ0n) is 15.8. The van der Waals surface area contributed by atoms with E-state index in [9.17, 15) is 18.3 Å². The molecule has 0 atom stereocenters. The Morgan fingerprint density at radius 1 is 1.13 bits per heavy atom. The standard InChI is InChI=1S/C21H15F3N4O2S/c22-21(23,24)17-2-1-3-18(10-17)25-20(29)26-19-12-28(27-30-19)11-14-4-6-15(7-5-14)16-8-9-31-13-16/h1-10,12-13H,11H2,(H-,25,26,27,29). The van der Waals surface area contributed by atoms with E-state index in [1.165, 1.54) is 23.0 Å². The monoisotopic (exact) mass is 444 g/mol. The van der Waals surface area contributed by atoms with Crippen molar-refractivity contribution in [1.82, 2.24) is 5.27 Å². The first-order valence-electron chi connectivity index (χ1n) is 9.05. The molecule has 4 aromatic rings. The van der Waals surface area contributed by atoms with Crippen molar-refractivity contribution in [1.29, 1.82) is 0 Å². The van der Waals surface area contributed by atoms with E-state index in [1.54, 1.807) is 11.3 Å². The second-order valence-corrected chi connectivity index (χ2v) is 7.35. The highest BCUT2D eigenvalue weighted by Crippen LogP contribution is 2.30. The molecule has 4 rings (SSSR count). The number of thiophene rings is 1. The normalized spacial score (nSPS) is 12.2. The van der Waals surface area contributed by atoms with E-state index in [0.717, 1.165) is 28.8 Å². The Balaban J connectivity index is 1.41. The van der Waals surface area contributed by atoms with Gasteiger partial charge in [-0.1, -0.05) is 30.3 Å². The van der Waals surface area contributed by atoms with Crippen LogP contribution < -0.4 is 15.1 Å². The van der Waals surface area contributed by atoms with Crippen LogP contribution in [0.3, 0.4) is 0 Å². The van der Waals surface area contributed by atoms with E-state index >= 15 is 0 Å². The Kier molecular flexibility index (Phi) is 5.72. The summed E-state index contributed by atoms with van der Waals surface area (Å²) in [7, 11) is 0. The molecule has 0 amide bonds. The predicted molar refractivity (Wildman–Crippen MR) is 108 cm³/mol. The molecule has 1 N–H and O–H groups in total. The maximum absolute atomic E-state index is 12.8. The lowest BCUT2D eigenvalue weighted by Crippen LogP contribution is -2.35. The zero-order valence-corrected chi connectivity index (χ0v) is 16.7. The Labute approximate surface area is 178 Å². The lowest BCUT2D eigenvalue weighted by atomic mass is 10.1. The minimum absolute atomic E-state index is 0.0262. The summed E-state index contributed by atoms with van der Waals surface area (Å²) in [5, 5.41) is 22.2. The third kappa shape index (κ3) is 5.28. The molecule has 6 nitrogen and oxygen atoms in total. The van der Waals surface area contributed by atoms with Crippen molar-refractivity contribution in [3.63, 3.8) is 0 Å². The Morgan fingerprint density at radius 3 is 2.65 bits per heavy atom. The number of alkyl halides is 3. The smallest absolute Gasteiger partial charge is 0.416 e. The van der Waals surface area contributed by atoms with Crippen LogP contribution in [-0.2, 0) is 12.7 Å². The molecule has 0 bridgehead atoms. The number of benzene rings is 2. The second kappa shape index (κ2) is 8.60. The van der Waals surface area contributed by atoms with E-state index in [1.807, 2.05) is 35.7 Å². The van der Waals surface area contributed by atoms with E-state index in [0.29, 0.717) is 6.54 Å². The van der Waals surface area contributed by atoms with E-state index in [2.05, 4.69) is 21.0 Å². The molecule has 0 saturated heterocycles. The number of halogens is 3. The van der Waals surface area contributed by atoms with E-state index < -0.39 is 17.8 Å². The van der Waals surface area contributed by atoms with Crippen LogP contribution in [0, 0.1) is 0 Å².